The Morgan fingerprint density at radius 3 is 2.29 bits per heavy atom. The smallest absolute Gasteiger partial charge is 0.240 e. The Morgan fingerprint density at radius 1 is 0.893 bits per heavy atom. The Balaban J connectivity index is 1.49. The molecule has 2 aromatic carbocycles. The molecule has 0 unspecified atom stereocenters. The lowest BCUT2D eigenvalue weighted by atomic mass is 10.1. The first-order chi connectivity index (χ1) is 13.6. The molecule has 0 aliphatic heterocycles. The number of benzene rings is 2. The SMILES string of the molecule is CCOc1ccc(S(=O)(=O)NCCOc2ccc(-c3ccccc3)nn2)cc1. The molecule has 7 nitrogen and oxygen atoms in total. The van der Waals surface area contributed by atoms with E-state index in [1.807, 2.05) is 43.3 Å². The van der Waals surface area contributed by atoms with Gasteiger partial charge in [0.05, 0.1) is 17.2 Å². The van der Waals surface area contributed by atoms with E-state index in [9.17, 15) is 8.42 Å². The molecule has 1 aromatic heterocycles. The fourth-order valence-corrected chi connectivity index (χ4v) is 3.47. The Hall–Kier alpha value is -2.97. The van der Waals surface area contributed by atoms with Gasteiger partial charge in [-0.25, -0.2) is 13.1 Å². The highest BCUT2D eigenvalue weighted by molar-refractivity contribution is 7.89. The third kappa shape index (κ3) is 5.28. The van der Waals surface area contributed by atoms with Crippen molar-refractivity contribution in [2.75, 3.05) is 19.8 Å². The second kappa shape index (κ2) is 9.29. The number of hydrogen-bond acceptors (Lipinski definition) is 6. The van der Waals surface area contributed by atoms with Crippen LogP contribution in [0.4, 0.5) is 0 Å². The quantitative estimate of drug-likeness (QED) is 0.557. The van der Waals surface area contributed by atoms with Gasteiger partial charge in [0, 0.05) is 18.2 Å². The average Bonchev–Trinajstić information content (AvgIpc) is 2.73. The Bertz CT molecular complexity index is 976. The summed E-state index contributed by atoms with van der Waals surface area (Å²) < 4.78 is 37.8. The van der Waals surface area contributed by atoms with Crippen LogP contribution >= 0.6 is 0 Å². The normalized spacial score (nSPS) is 11.2. The molecule has 0 spiro atoms. The van der Waals surface area contributed by atoms with Crippen LogP contribution in [-0.4, -0.2) is 38.4 Å². The van der Waals surface area contributed by atoms with Crippen molar-refractivity contribution in [1.82, 2.24) is 14.9 Å². The van der Waals surface area contributed by atoms with Crippen molar-refractivity contribution in [3.8, 4) is 22.9 Å². The highest BCUT2D eigenvalue weighted by Crippen LogP contribution is 2.17. The van der Waals surface area contributed by atoms with Crippen LogP contribution in [0, 0.1) is 0 Å². The molecule has 0 aliphatic carbocycles. The second-order valence-electron chi connectivity index (χ2n) is 5.77. The van der Waals surface area contributed by atoms with Crippen LogP contribution in [0.2, 0.25) is 0 Å². The van der Waals surface area contributed by atoms with Crippen LogP contribution in [0.25, 0.3) is 11.3 Å². The van der Waals surface area contributed by atoms with Crippen molar-refractivity contribution in [2.45, 2.75) is 11.8 Å². The molecule has 0 amide bonds. The molecular weight excluding hydrogens is 378 g/mol. The zero-order valence-corrected chi connectivity index (χ0v) is 16.2. The van der Waals surface area contributed by atoms with Crippen LogP contribution in [0.5, 0.6) is 11.6 Å². The molecule has 28 heavy (non-hydrogen) atoms. The fraction of sp³-hybridized carbons (Fsp3) is 0.200. The maximum atomic E-state index is 12.3. The minimum atomic E-state index is -3.61. The van der Waals surface area contributed by atoms with Gasteiger partial charge in [-0.05, 0) is 37.3 Å². The number of hydrogen-bond donors (Lipinski definition) is 1. The van der Waals surface area contributed by atoms with Gasteiger partial charge < -0.3 is 9.47 Å². The van der Waals surface area contributed by atoms with Crippen LogP contribution < -0.4 is 14.2 Å². The predicted octanol–water partition coefficient (Wildman–Crippen LogP) is 2.90. The van der Waals surface area contributed by atoms with Crippen molar-refractivity contribution in [3.63, 3.8) is 0 Å². The summed E-state index contributed by atoms with van der Waals surface area (Å²) in [6.45, 7) is 2.63. The van der Waals surface area contributed by atoms with Crippen molar-refractivity contribution in [2.24, 2.45) is 0 Å². The Morgan fingerprint density at radius 2 is 1.64 bits per heavy atom. The maximum Gasteiger partial charge on any atom is 0.240 e. The largest absolute Gasteiger partial charge is 0.494 e. The molecule has 0 bridgehead atoms. The van der Waals surface area contributed by atoms with Gasteiger partial charge in [0.25, 0.3) is 0 Å². The molecule has 3 aromatic rings. The van der Waals surface area contributed by atoms with E-state index < -0.39 is 10.0 Å². The lowest BCUT2D eigenvalue weighted by Crippen LogP contribution is -2.28. The molecule has 0 saturated heterocycles. The first kappa shape index (κ1) is 19.8. The van der Waals surface area contributed by atoms with Gasteiger partial charge in [-0.2, -0.15) is 0 Å². The van der Waals surface area contributed by atoms with Crippen molar-refractivity contribution < 1.29 is 17.9 Å². The van der Waals surface area contributed by atoms with Crippen LogP contribution in [0.1, 0.15) is 6.92 Å². The fourth-order valence-electron chi connectivity index (χ4n) is 2.46. The van der Waals surface area contributed by atoms with E-state index in [1.165, 1.54) is 12.1 Å². The summed E-state index contributed by atoms with van der Waals surface area (Å²) in [4.78, 5) is 0.169. The van der Waals surface area contributed by atoms with Crippen molar-refractivity contribution in [3.05, 3.63) is 66.7 Å². The van der Waals surface area contributed by atoms with E-state index in [0.29, 0.717) is 18.2 Å². The van der Waals surface area contributed by atoms with Crippen LogP contribution in [0.15, 0.2) is 71.6 Å². The van der Waals surface area contributed by atoms with Crippen LogP contribution in [-0.2, 0) is 10.0 Å². The zero-order chi connectivity index (χ0) is 19.8. The summed E-state index contributed by atoms with van der Waals surface area (Å²) >= 11 is 0. The molecule has 0 fully saturated rings. The van der Waals surface area contributed by atoms with E-state index in [1.54, 1.807) is 18.2 Å². The number of nitrogens with zero attached hydrogens (tertiary/aromatic N) is 2. The summed E-state index contributed by atoms with van der Waals surface area (Å²) in [6, 6.07) is 19.4. The number of aromatic nitrogens is 2. The molecule has 8 heteroatoms. The summed E-state index contributed by atoms with van der Waals surface area (Å²) in [5.74, 6) is 0.960. The second-order valence-corrected chi connectivity index (χ2v) is 7.54. The summed E-state index contributed by atoms with van der Waals surface area (Å²) in [7, 11) is -3.61. The molecule has 0 radical (unpaired) electrons. The first-order valence-electron chi connectivity index (χ1n) is 8.83. The van der Waals surface area contributed by atoms with Gasteiger partial charge in [-0.15, -0.1) is 10.2 Å². The number of rotatable bonds is 9. The number of sulfonamides is 1. The van der Waals surface area contributed by atoms with Gasteiger partial charge in [0.2, 0.25) is 15.9 Å². The molecule has 3 rings (SSSR count). The summed E-state index contributed by atoms with van der Waals surface area (Å²) in [6.07, 6.45) is 0. The zero-order valence-electron chi connectivity index (χ0n) is 15.4. The minimum absolute atomic E-state index is 0.109. The molecule has 1 heterocycles. The van der Waals surface area contributed by atoms with Gasteiger partial charge >= 0.3 is 0 Å². The van der Waals surface area contributed by atoms with Gasteiger partial charge in [-0.3, -0.25) is 0 Å². The topological polar surface area (TPSA) is 90.4 Å². The van der Waals surface area contributed by atoms with Gasteiger partial charge in [0.15, 0.2) is 0 Å². The monoisotopic (exact) mass is 399 g/mol. The first-order valence-corrected chi connectivity index (χ1v) is 10.3. The minimum Gasteiger partial charge on any atom is -0.494 e. The Labute approximate surface area is 164 Å². The van der Waals surface area contributed by atoms with Gasteiger partial charge in [0.1, 0.15) is 12.4 Å². The lowest BCUT2D eigenvalue weighted by molar-refractivity contribution is 0.307. The van der Waals surface area contributed by atoms with Crippen molar-refractivity contribution >= 4 is 10.0 Å². The molecule has 1 N–H and O–H groups in total. The van der Waals surface area contributed by atoms with Gasteiger partial charge in [-0.1, -0.05) is 30.3 Å². The molecule has 146 valence electrons. The van der Waals surface area contributed by atoms with E-state index in [0.717, 1.165) is 11.3 Å². The highest BCUT2D eigenvalue weighted by atomic mass is 32.2. The third-order valence-electron chi connectivity index (χ3n) is 3.80. The summed E-state index contributed by atoms with van der Waals surface area (Å²) in [5.41, 5.74) is 1.70. The molecule has 0 saturated carbocycles. The lowest BCUT2D eigenvalue weighted by Gasteiger charge is -2.09. The standard InChI is InChI=1S/C20H21N3O4S/c1-2-26-17-8-10-18(11-9-17)28(24,25)21-14-15-27-20-13-12-19(22-23-20)16-6-4-3-5-7-16/h3-13,21H,2,14-15H2,1H3. The van der Waals surface area contributed by atoms with E-state index in [2.05, 4.69) is 14.9 Å². The number of nitrogens with one attached hydrogen (secondary N) is 1. The van der Waals surface area contributed by atoms with E-state index >= 15 is 0 Å². The Kier molecular flexibility index (Phi) is 6.57. The summed E-state index contributed by atoms with van der Waals surface area (Å²) in [5, 5.41) is 8.13. The van der Waals surface area contributed by atoms with E-state index in [-0.39, 0.29) is 18.0 Å². The van der Waals surface area contributed by atoms with E-state index in [4.69, 9.17) is 9.47 Å². The number of ether oxygens (including phenoxy) is 2. The van der Waals surface area contributed by atoms with Crippen molar-refractivity contribution in [1.29, 1.82) is 0 Å². The van der Waals surface area contributed by atoms with Crippen LogP contribution in [0.3, 0.4) is 0 Å². The molecular formula is C20H21N3O4S. The maximum absolute atomic E-state index is 12.3. The predicted molar refractivity (Wildman–Crippen MR) is 106 cm³/mol. The third-order valence-corrected chi connectivity index (χ3v) is 5.28. The molecule has 0 aliphatic rings. The highest BCUT2D eigenvalue weighted by Gasteiger charge is 2.13. The molecule has 0 atom stereocenters. The average molecular weight is 399 g/mol.